The van der Waals surface area contributed by atoms with Crippen LogP contribution >= 0.6 is 0 Å². The van der Waals surface area contributed by atoms with Gasteiger partial charge in [0.1, 0.15) is 5.69 Å². The standard InChI is InChI=1S/C9H14F2N2O/c1-7(2)13-8(3-5-12-13)9(10,11)4-6-14/h3,5,7,14H,4,6H2,1-2H3. The molecule has 0 aliphatic heterocycles. The van der Waals surface area contributed by atoms with Gasteiger partial charge in [0.25, 0.3) is 5.92 Å². The van der Waals surface area contributed by atoms with Gasteiger partial charge in [0, 0.05) is 25.3 Å². The summed E-state index contributed by atoms with van der Waals surface area (Å²) in [6, 6.07) is 1.18. The predicted molar refractivity (Wildman–Crippen MR) is 48.2 cm³/mol. The Hall–Kier alpha value is -0.970. The molecular weight excluding hydrogens is 190 g/mol. The van der Waals surface area contributed by atoms with E-state index in [9.17, 15) is 8.78 Å². The van der Waals surface area contributed by atoms with Gasteiger partial charge in [-0.1, -0.05) is 0 Å². The average Bonchev–Trinajstić information content (AvgIpc) is 2.51. The summed E-state index contributed by atoms with van der Waals surface area (Å²) in [5.74, 6) is -3.00. The predicted octanol–water partition coefficient (Wildman–Crippen LogP) is 1.94. The van der Waals surface area contributed by atoms with E-state index < -0.39 is 19.0 Å². The third kappa shape index (κ3) is 2.09. The summed E-state index contributed by atoms with van der Waals surface area (Å²) in [7, 11) is 0. The molecule has 3 nitrogen and oxygen atoms in total. The van der Waals surface area contributed by atoms with Gasteiger partial charge in [0.2, 0.25) is 0 Å². The van der Waals surface area contributed by atoms with Gasteiger partial charge in [0.05, 0.1) is 0 Å². The van der Waals surface area contributed by atoms with E-state index >= 15 is 0 Å². The van der Waals surface area contributed by atoms with Crippen molar-refractivity contribution in [1.82, 2.24) is 9.78 Å². The van der Waals surface area contributed by atoms with Crippen LogP contribution in [0.3, 0.4) is 0 Å². The molecule has 80 valence electrons. The lowest BCUT2D eigenvalue weighted by Crippen LogP contribution is -2.21. The molecule has 0 spiro atoms. The van der Waals surface area contributed by atoms with E-state index in [0.29, 0.717) is 0 Å². The summed E-state index contributed by atoms with van der Waals surface area (Å²) >= 11 is 0. The van der Waals surface area contributed by atoms with E-state index in [-0.39, 0.29) is 11.7 Å². The Morgan fingerprint density at radius 3 is 2.71 bits per heavy atom. The number of aliphatic hydroxyl groups is 1. The highest BCUT2D eigenvalue weighted by atomic mass is 19.3. The van der Waals surface area contributed by atoms with Crippen molar-refractivity contribution in [2.24, 2.45) is 0 Å². The molecule has 0 atom stereocenters. The first-order chi connectivity index (χ1) is 6.49. The largest absolute Gasteiger partial charge is 0.396 e. The van der Waals surface area contributed by atoms with Gasteiger partial charge in [-0.25, -0.2) is 0 Å². The molecule has 1 heterocycles. The smallest absolute Gasteiger partial charge is 0.291 e. The number of hydrogen-bond donors (Lipinski definition) is 1. The van der Waals surface area contributed by atoms with Crippen LogP contribution in [0.25, 0.3) is 0 Å². The van der Waals surface area contributed by atoms with Gasteiger partial charge in [-0.05, 0) is 19.9 Å². The number of nitrogens with zero attached hydrogens (tertiary/aromatic N) is 2. The first-order valence-electron chi connectivity index (χ1n) is 4.51. The molecule has 0 amide bonds. The molecule has 1 N–H and O–H groups in total. The minimum absolute atomic E-state index is 0.107. The molecule has 0 aliphatic rings. The number of halogens is 2. The van der Waals surface area contributed by atoms with E-state index in [4.69, 9.17) is 5.11 Å². The summed E-state index contributed by atoms with van der Waals surface area (Å²) in [4.78, 5) is 0. The van der Waals surface area contributed by atoms with E-state index in [1.165, 1.54) is 16.9 Å². The molecule has 0 unspecified atom stereocenters. The van der Waals surface area contributed by atoms with Crippen molar-refractivity contribution in [3.8, 4) is 0 Å². The fourth-order valence-electron chi connectivity index (χ4n) is 1.28. The van der Waals surface area contributed by atoms with E-state index in [1.54, 1.807) is 13.8 Å². The zero-order valence-corrected chi connectivity index (χ0v) is 8.24. The molecular formula is C9H14F2N2O. The number of aliphatic hydroxyl groups excluding tert-OH is 1. The Labute approximate surface area is 81.4 Å². The molecule has 0 aliphatic carbocycles. The van der Waals surface area contributed by atoms with Crippen LogP contribution in [0.1, 0.15) is 32.0 Å². The van der Waals surface area contributed by atoms with E-state index in [2.05, 4.69) is 5.10 Å². The second-order valence-electron chi connectivity index (χ2n) is 3.43. The minimum atomic E-state index is -3.00. The van der Waals surface area contributed by atoms with Crippen molar-refractivity contribution < 1.29 is 13.9 Å². The monoisotopic (exact) mass is 204 g/mol. The summed E-state index contributed by atoms with van der Waals surface area (Å²) in [6.45, 7) is 3.04. The molecule has 0 bridgehead atoms. The van der Waals surface area contributed by atoms with Crippen molar-refractivity contribution in [3.63, 3.8) is 0 Å². The van der Waals surface area contributed by atoms with Crippen molar-refractivity contribution in [3.05, 3.63) is 18.0 Å². The Morgan fingerprint density at radius 2 is 2.21 bits per heavy atom. The van der Waals surface area contributed by atoms with Gasteiger partial charge in [-0.2, -0.15) is 13.9 Å². The maximum atomic E-state index is 13.4. The van der Waals surface area contributed by atoms with Crippen LogP contribution in [0, 0.1) is 0 Å². The lowest BCUT2D eigenvalue weighted by atomic mass is 10.1. The van der Waals surface area contributed by atoms with Gasteiger partial charge in [-0.15, -0.1) is 0 Å². The SMILES string of the molecule is CC(C)n1nccc1C(F)(F)CCO. The Balaban J connectivity index is 2.99. The highest BCUT2D eigenvalue weighted by molar-refractivity contribution is 5.09. The molecule has 0 saturated carbocycles. The lowest BCUT2D eigenvalue weighted by Gasteiger charge is -2.18. The Bertz CT molecular complexity index is 297. The maximum absolute atomic E-state index is 13.4. The quantitative estimate of drug-likeness (QED) is 0.813. The summed E-state index contributed by atoms with van der Waals surface area (Å²) < 4.78 is 28.1. The van der Waals surface area contributed by atoms with Crippen LogP contribution in [0.15, 0.2) is 12.3 Å². The van der Waals surface area contributed by atoms with E-state index in [1.807, 2.05) is 0 Å². The van der Waals surface area contributed by atoms with Crippen LogP contribution < -0.4 is 0 Å². The van der Waals surface area contributed by atoms with Crippen LogP contribution in [0.2, 0.25) is 0 Å². The molecule has 1 aromatic rings. The third-order valence-corrected chi connectivity index (χ3v) is 1.96. The molecule has 14 heavy (non-hydrogen) atoms. The number of rotatable bonds is 4. The van der Waals surface area contributed by atoms with Gasteiger partial charge in [-0.3, -0.25) is 4.68 Å². The van der Waals surface area contributed by atoms with Crippen LogP contribution in [-0.2, 0) is 5.92 Å². The molecule has 1 aromatic heterocycles. The van der Waals surface area contributed by atoms with Gasteiger partial charge in [0.15, 0.2) is 0 Å². The Morgan fingerprint density at radius 1 is 1.57 bits per heavy atom. The van der Waals surface area contributed by atoms with Crippen molar-refractivity contribution in [1.29, 1.82) is 0 Å². The molecule has 0 aromatic carbocycles. The zero-order valence-electron chi connectivity index (χ0n) is 8.24. The van der Waals surface area contributed by atoms with Crippen molar-refractivity contribution in [2.45, 2.75) is 32.2 Å². The highest BCUT2D eigenvalue weighted by Crippen LogP contribution is 2.32. The summed E-state index contributed by atoms with van der Waals surface area (Å²) in [5.41, 5.74) is -0.137. The molecule has 5 heteroatoms. The lowest BCUT2D eigenvalue weighted by molar-refractivity contribution is -0.0358. The van der Waals surface area contributed by atoms with E-state index in [0.717, 1.165) is 0 Å². The molecule has 1 rings (SSSR count). The number of alkyl halides is 2. The second-order valence-corrected chi connectivity index (χ2v) is 3.43. The molecule has 0 saturated heterocycles. The normalized spacial score (nSPS) is 12.4. The first kappa shape index (κ1) is 11.1. The van der Waals surface area contributed by atoms with Gasteiger partial charge >= 0.3 is 0 Å². The fourth-order valence-corrected chi connectivity index (χ4v) is 1.28. The van der Waals surface area contributed by atoms with Crippen molar-refractivity contribution in [2.75, 3.05) is 6.61 Å². The second kappa shape index (κ2) is 4.04. The molecule has 0 fully saturated rings. The van der Waals surface area contributed by atoms with Gasteiger partial charge < -0.3 is 5.11 Å². The fraction of sp³-hybridized carbons (Fsp3) is 0.667. The maximum Gasteiger partial charge on any atom is 0.291 e. The minimum Gasteiger partial charge on any atom is -0.396 e. The van der Waals surface area contributed by atoms with Crippen LogP contribution in [0.4, 0.5) is 8.78 Å². The van der Waals surface area contributed by atoms with Crippen molar-refractivity contribution >= 4 is 0 Å². The topological polar surface area (TPSA) is 38.0 Å². The first-order valence-corrected chi connectivity index (χ1v) is 4.51. The summed E-state index contributed by atoms with van der Waals surface area (Å²) in [5, 5.41) is 12.3. The van der Waals surface area contributed by atoms with Crippen LogP contribution in [0.5, 0.6) is 0 Å². The average molecular weight is 204 g/mol. The third-order valence-electron chi connectivity index (χ3n) is 1.96. The zero-order chi connectivity index (χ0) is 10.8. The van der Waals surface area contributed by atoms with Crippen LogP contribution in [-0.4, -0.2) is 21.5 Å². The highest BCUT2D eigenvalue weighted by Gasteiger charge is 2.34. The summed E-state index contributed by atoms with van der Waals surface area (Å²) in [6.07, 6.45) is 0.784. The molecule has 0 radical (unpaired) electrons. The number of aromatic nitrogens is 2. The Kier molecular flexibility index (Phi) is 3.21. The number of hydrogen-bond acceptors (Lipinski definition) is 2.